The molecule has 2 rings (SSSR count). The quantitative estimate of drug-likeness (QED) is 0.912. The fourth-order valence-electron chi connectivity index (χ4n) is 1.65. The first-order valence-electron chi connectivity index (χ1n) is 5.42. The molecule has 2 N–H and O–H groups in total. The molecule has 6 heteroatoms. The molecule has 0 saturated heterocycles. The summed E-state index contributed by atoms with van der Waals surface area (Å²) in [6.45, 7) is 0. The van der Waals surface area contributed by atoms with Gasteiger partial charge in [0.15, 0.2) is 0 Å². The number of benzene rings is 1. The maximum Gasteiger partial charge on any atom is 0.416 e. The Bertz CT molecular complexity index is 567. The molecule has 0 radical (unpaired) electrons. The Hall–Kier alpha value is -1.59. The van der Waals surface area contributed by atoms with Gasteiger partial charge in [0.2, 0.25) is 0 Å². The van der Waals surface area contributed by atoms with E-state index in [1.54, 1.807) is 12.1 Å². The molecule has 100 valence electrons. The van der Waals surface area contributed by atoms with E-state index < -0.39 is 17.8 Å². The van der Waals surface area contributed by atoms with Crippen LogP contribution in [0.4, 0.5) is 13.2 Å². The summed E-state index contributed by atoms with van der Waals surface area (Å²) in [5, 5.41) is 0.444. The smallest absolute Gasteiger partial charge is 0.319 e. The number of aromatic nitrogens is 1. The van der Waals surface area contributed by atoms with Crippen molar-refractivity contribution in [3.63, 3.8) is 0 Å². The SMILES string of the molecule is NC(c1cccc(C(F)(F)F)c1)c1ccc(Cl)cn1. The highest BCUT2D eigenvalue weighted by Gasteiger charge is 2.30. The van der Waals surface area contributed by atoms with Gasteiger partial charge in [-0.15, -0.1) is 0 Å². The molecule has 0 fully saturated rings. The zero-order chi connectivity index (χ0) is 14.0. The third-order valence-electron chi connectivity index (χ3n) is 2.64. The molecule has 2 nitrogen and oxygen atoms in total. The van der Waals surface area contributed by atoms with Gasteiger partial charge in [0.25, 0.3) is 0 Å². The highest BCUT2D eigenvalue weighted by Crippen LogP contribution is 2.31. The number of nitrogens with two attached hydrogens (primary N) is 1. The molecule has 19 heavy (non-hydrogen) atoms. The van der Waals surface area contributed by atoms with Crippen LogP contribution in [0.3, 0.4) is 0 Å². The molecule has 1 unspecified atom stereocenters. The average Bonchev–Trinajstić information content (AvgIpc) is 2.38. The number of nitrogens with zero attached hydrogens (tertiary/aromatic N) is 1. The first-order chi connectivity index (χ1) is 8.88. The lowest BCUT2D eigenvalue weighted by Crippen LogP contribution is -2.15. The van der Waals surface area contributed by atoms with Crippen molar-refractivity contribution < 1.29 is 13.2 Å². The van der Waals surface area contributed by atoms with Crippen molar-refractivity contribution in [3.8, 4) is 0 Å². The highest BCUT2D eigenvalue weighted by atomic mass is 35.5. The molecule has 1 heterocycles. The molecule has 0 saturated carbocycles. The van der Waals surface area contributed by atoms with Crippen molar-refractivity contribution >= 4 is 11.6 Å². The number of hydrogen-bond donors (Lipinski definition) is 1. The van der Waals surface area contributed by atoms with Crippen LogP contribution in [0.15, 0.2) is 42.6 Å². The van der Waals surface area contributed by atoms with Crippen LogP contribution in [0.25, 0.3) is 0 Å². The third kappa shape index (κ3) is 3.24. The molecule has 0 bridgehead atoms. The van der Waals surface area contributed by atoms with E-state index in [0.717, 1.165) is 12.1 Å². The second-order valence-corrected chi connectivity index (χ2v) is 4.44. The topological polar surface area (TPSA) is 38.9 Å². The van der Waals surface area contributed by atoms with Gasteiger partial charge in [-0.25, -0.2) is 0 Å². The summed E-state index contributed by atoms with van der Waals surface area (Å²) >= 11 is 5.70. The summed E-state index contributed by atoms with van der Waals surface area (Å²) in [5.74, 6) is 0. The predicted octanol–water partition coefficient (Wildman–Crippen LogP) is 3.80. The number of halogens is 4. The monoisotopic (exact) mass is 286 g/mol. The van der Waals surface area contributed by atoms with Crippen molar-refractivity contribution in [3.05, 3.63) is 64.4 Å². The maximum atomic E-state index is 12.6. The lowest BCUT2D eigenvalue weighted by molar-refractivity contribution is -0.137. The van der Waals surface area contributed by atoms with Gasteiger partial charge in [0.1, 0.15) is 0 Å². The summed E-state index contributed by atoms with van der Waals surface area (Å²) < 4.78 is 37.8. The zero-order valence-corrected chi connectivity index (χ0v) is 10.4. The summed E-state index contributed by atoms with van der Waals surface area (Å²) in [7, 11) is 0. The summed E-state index contributed by atoms with van der Waals surface area (Å²) in [5.41, 5.74) is 5.99. The van der Waals surface area contributed by atoms with Crippen molar-refractivity contribution in [2.45, 2.75) is 12.2 Å². The Morgan fingerprint density at radius 1 is 1.16 bits per heavy atom. The molecule has 0 aliphatic carbocycles. The number of rotatable bonds is 2. The maximum absolute atomic E-state index is 12.6. The van der Waals surface area contributed by atoms with Gasteiger partial charge in [-0.3, -0.25) is 4.98 Å². The molecule has 2 aromatic rings. The Labute approximate surface area is 113 Å². The van der Waals surface area contributed by atoms with Crippen molar-refractivity contribution in [1.82, 2.24) is 4.98 Å². The minimum atomic E-state index is -4.39. The van der Waals surface area contributed by atoms with Gasteiger partial charge in [-0.05, 0) is 29.8 Å². The molecular weight excluding hydrogens is 277 g/mol. The molecule has 0 spiro atoms. The summed E-state index contributed by atoms with van der Waals surface area (Å²) in [4.78, 5) is 4.01. The van der Waals surface area contributed by atoms with E-state index in [1.165, 1.54) is 18.3 Å². The zero-order valence-electron chi connectivity index (χ0n) is 9.66. The van der Waals surface area contributed by atoms with Crippen LogP contribution in [-0.2, 0) is 6.18 Å². The summed E-state index contributed by atoms with van der Waals surface area (Å²) in [6, 6.07) is 7.36. The van der Waals surface area contributed by atoms with E-state index in [0.29, 0.717) is 16.3 Å². The third-order valence-corrected chi connectivity index (χ3v) is 2.87. The second-order valence-electron chi connectivity index (χ2n) is 4.00. The Morgan fingerprint density at radius 2 is 1.89 bits per heavy atom. The van der Waals surface area contributed by atoms with E-state index in [-0.39, 0.29) is 0 Å². The average molecular weight is 287 g/mol. The largest absolute Gasteiger partial charge is 0.416 e. The molecule has 0 amide bonds. The van der Waals surface area contributed by atoms with E-state index in [9.17, 15) is 13.2 Å². The van der Waals surface area contributed by atoms with Crippen LogP contribution < -0.4 is 5.73 Å². The van der Waals surface area contributed by atoms with Crippen LogP contribution in [0.1, 0.15) is 22.9 Å². The Balaban J connectivity index is 2.34. The number of hydrogen-bond acceptors (Lipinski definition) is 2. The highest BCUT2D eigenvalue weighted by molar-refractivity contribution is 6.30. The van der Waals surface area contributed by atoms with Gasteiger partial charge in [0, 0.05) is 6.20 Å². The lowest BCUT2D eigenvalue weighted by Gasteiger charge is -2.14. The Kier molecular flexibility index (Phi) is 3.78. The minimum Gasteiger partial charge on any atom is -0.319 e. The molecule has 1 aromatic heterocycles. The molecule has 0 aliphatic heterocycles. The second kappa shape index (κ2) is 5.19. The van der Waals surface area contributed by atoms with E-state index in [4.69, 9.17) is 17.3 Å². The van der Waals surface area contributed by atoms with Gasteiger partial charge >= 0.3 is 6.18 Å². The molecule has 1 atom stereocenters. The first-order valence-corrected chi connectivity index (χ1v) is 5.80. The van der Waals surface area contributed by atoms with E-state index in [2.05, 4.69) is 4.98 Å². The Morgan fingerprint density at radius 3 is 2.47 bits per heavy atom. The van der Waals surface area contributed by atoms with Gasteiger partial charge in [-0.2, -0.15) is 13.2 Å². The fourth-order valence-corrected chi connectivity index (χ4v) is 1.76. The van der Waals surface area contributed by atoms with Gasteiger partial charge < -0.3 is 5.73 Å². The molecule has 0 aliphatic rings. The van der Waals surface area contributed by atoms with Crippen LogP contribution in [0.5, 0.6) is 0 Å². The van der Waals surface area contributed by atoms with Gasteiger partial charge in [0.05, 0.1) is 22.3 Å². The van der Waals surface area contributed by atoms with Crippen molar-refractivity contribution in [1.29, 1.82) is 0 Å². The predicted molar refractivity (Wildman–Crippen MR) is 66.7 cm³/mol. The standard InChI is InChI=1S/C13H10ClF3N2/c14-10-4-5-11(19-7-10)12(18)8-2-1-3-9(6-8)13(15,16)17/h1-7,12H,18H2. The van der Waals surface area contributed by atoms with Crippen molar-refractivity contribution in [2.75, 3.05) is 0 Å². The van der Waals surface area contributed by atoms with Crippen LogP contribution >= 0.6 is 11.6 Å². The van der Waals surface area contributed by atoms with Crippen molar-refractivity contribution in [2.24, 2.45) is 5.73 Å². The van der Waals surface area contributed by atoms with Gasteiger partial charge in [-0.1, -0.05) is 23.7 Å². The van der Waals surface area contributed by atoms with Crippen LogP contribution in [0, 0.1) is 0 Å². The number of alkyl halides is 3. The fraction of sp³-hybridized carbons (Fsp3) is 0.154. The van der Waals surface area contributed by atoms with E-state index in [1.807, 2.05) is 0 Å². The molecule has 1 aromatic carbocycles. The lowest BCUT2D eigenvalue weighted by atomic mass is 10.0. The summed E-state index contributed by atoms with van der Waals surface area (Å²) in [6.07, 6.45) is -2.98. The van der Waals surface area contributed by atoms with Crippen LogP contribution in [-0.4, -0.2) is 4.98 Å². The number of pyridine rings is 1. The normalized spacial score (nSPS) is 13.3. The van der Waals surface area contributed by atoms with Crippen LogP contribution in [0.2, 0.25) is 5.02 Å². The first kappa shape index (κ1) is 13.8. The van der Waals surface area contributed by atoms with E-state index >= 15 is 0 Å². The molecular formula is C13H10ClF3N2. The minimum absolute atomic E-state index is 0.352.